The maximum atomic E-state index is 12.3. The quantitative estimate of drug-likeness (QED) is 0.735. The van der Waals surface area contributed by atoms with Crippen LogP contribution in [-0.4, -0.2) is 50.8 Å². The Morgan fingerprint density at radius 1 is 1.43 bits per heavy atom. The van der Waals surface area contributed by atoms with E-state index in [1.54, 1.807) is 26.2 Å². The second kappa shape index (κ2) is 7.34. The fraction of sp³-hybridized carbons (Fsp3) is 0.357. The van der Waals surface area contributed by atoms with Gasteiger partial charge < -0.3 is 15.2 Å². The molecule has 2 rings (SSSR count). The number of carboxylic acids is 1. The molecular formula is C14H17N5O4. The van der Waals surface area contributed by atoms with E-state index in [1.807, 2.05) is 12.1 Å². The highest BCUT2D eigenvalue weighted by Gasteiger charge is 2.24. The molecule has 9 heteroatoms. The van der Waals surface area contributed by atoms with Crippen molar-refractivity contribution in [1.82, 2.24) is 25.5 Å². The van der Waals surface area contributed by atoms with Crippen LogP contribution in [0.15, 0.2) is 24.3 Å². The molecule has 122 valence electrons. The van der Waals surface area contributed by atoms with Crippen LogP contribution in [0.25, 0.3) is 0 Å². The van der Waals surface area contributed by atoms with Crippen molar-refractivity contribution in [1.29, 1.82) is 0 Å². The average Bonchev–Trinajstić information content (AvgIpc) is 2.96. The lowest BCUT2D eigenvalue weighted by Gasteiger charge is -2.17. The topological polar surface area (TPSA) is 119 Å². The van der Waals surface area contributed by atoms with Crippen molar-refractivity contribution >= 4 is 11.9 Å². The molecule has 2 aromatic rings. The highest BCUT2D eigenvalue weighted by Crippen LogP contribution is 2.19. The molecule has 1 amide bonds. The van der Waals surface area contributed by atoms with E-state index in [1.165, 1.54) is 4.68 Å². The Morgan fingerprint density at radius 3 is 2.83 bits per heavy atom. The number of aromatic nitrogens is 4. The molecule has 1 heterocycles. The summed E-state index contributed by atoms with van der Waals surface area (Å²) in [5.41, 5.74) is 0.842. The Morgan fingerprint density at radius 2 is 2.22 bits per heavy atom. The van der Waals surface area contributed by atoms with Crippen LogP contribution in [-0.2, 0) is 16.0 Å². The smallest absolute Gasteiger partial charge is 0.322 e. The summed E-state index contributed by atoms with van der Waals surface area (Å²) in [6, 6.07) is 6.51. The number of nitrogens with one attached hydrogen (secondary N) is 1. The minimum absolute atomic E-state index is 0.300. The average molecular weight is 319 g/mol. The summed E-state index contributed by atoms with van der Waals surface area (Å²) in [6.07, 6.45) is 0.300. The summed E-state index contributed by atoms with van der Waals surface area (Å²) < 4.78 is 6.54. The van der Waals surface area contributed by atoms with E-state index in [4.69, 9.17) is 9.84 Å². The molecule has 0 saturated carbocycles. The highest BCUT2D eigenvalue weighted by atomic mass is 16.5. The number of benzene rings is 1. The predicted octanol–water partition coefficient (Wildman–Crippen LogP) is -0.0253. The van der Waals surface area contributed by atoms with E-state index < -0.39 is 24.5 Å². The first-order valence-corrected chi connectivity index (χ1v) is 6.88. The van der Waals surface area contributed by atoms with E-state index >= 15 is 0 Å². The van der Waals surface area contributed by atoms with Gasteiger partial charge >= 0.3 is 5.97 Å². The standard InChI is InChI=1S/C14H17N5O4/c1-9-16-17-18-19(9)12(14(22)15-8-13(20)21)7-10-4-3-5-11(6-10)23-2/h3-6,12H,7-8H2,1-2H3,(H,15,22)(H,20,21). The van der Waals surface area contributed by atoms with Gasteiger partial charge in [0.25, 0.3) is 0 Å². The van der Waals surface area contributed by atoms with Crippen molar-refractivity contribution in [2.45, 2.75) is 19.4 Å². The molecule has 1 aromatic carbocycles. The van der Waals surface area contributed by atoms with Gasteiger partial charge in [-0.15, -0.1) is 5.10 Å². The summed E-state index contributed by atoms with van der Waals surface area (Å²) >= 11 is 0. The molecular weight excluding hydrogens is 302 g/mol. The third-order valence-corrected chi connectivity index (χ3v) is 3.23. The maximum Gasteiger partial charge on any atom is 0.322 e. The number of hydrogen-bond donors (Lipinski definition) is 2. The maximum absolute atomic E-state index is 12.3. The third kappa shape index (κ3) is 4.25. The molecule has 1 unspecified atom stereocenters. The number of ether oxygens (including phenoxy) is 1. The number of methoxy groups -OCH3 is 1. The van der Waals surface area contributed by atoms with Crippen molar-refractivity contribution in [3.8, 4) is 5.75 Å². The number of carbonyl (C=O) groups is 2. The first kappa shape index (κ1) is 16.4. The fourth-order valence-corrected chi connectivity index (χ4v) is 2.12. The normalized spacial score (nSPS) is 11.7. The molecule has 0 fully saturated rings. The number of nitrogens with zero attached hydrogens (tertiary/aromatic N) is 4. The summed E-state index contributed by atoms with van der Waals surface area (Å²) in [7, 11) is 1.56. The van der Waals surface area contributed by atoms with Crippen molar-refractivity contribution in [2.75, 3.05) is 13.7 Å². The molecule has 1 aromatic heterocycles. The van der Waals surface area contributed by atoms with Crippen molar-refractivity contribution in [3.05, 3.63) is 35.7 Å². The molecule has 0 aliphatic rings. The summed E-state index contributed by atoms with van der Waals surface area (Å²) in [4.78, 5) is 23.0. The fourth-order valence-electron chi connectivity index (χ4n) is 2.12. The molecule has 0 aliphatic carbocycles. The van der Waals surface area contributed by atoms with Gasteiger partial charge in [0.05, 0.1) is 7.11 Å². The summed E-state index contributed by atoms with van der Waals surface area (Å²) in [6.45, 7) is 1.21. The Balaban J connectivity index is 2.24. The highest BCUT2D eigenvalue weighted by molar-refractivity contribution is 5.84. The van der Waals surface area contributed by atoms with Crippen molar-refractivity contribution < 1.29 is 19.4 Å². The SMILES string of the molecule is COc1cccc(CC(C(=O)NCC(=O)O)n2nnnc2C)c1. The lowest BCUT2D eigenvalue weighted by atomic mass is 10.0. The Kier molecular flexibility index (Phi) is 5.23. The second-order valence-corrected chi connectivity index (χ2v) is 4.85. The van der Waals surface area contributed by atoms with Crippen LogP contribution >= 0.6 is 0 Å². The molecule has 2 N–H and O–H groups in total. The number of rotatable bonds is 7. The third-order valence-electron chi connectivity index (χ3n) is 3.23. The molecule has 0 saturated heterocycles. The van der Waals surface area contributed by atoms with Gasteiger partial charge in [0.1, 0.15) is 24.2 Å². The number of hydrogen-bond acceptors (Lipinski definition) is 6. The molecule has 0 aliphatic heterocycles. The Bertz CT molecular complexity index is 700. The van der Waals surface area contributed by atoms with Crippen molar-refractivity contribution in [2.24, 2.45) is 0 Å². The van der Waals surface area contributed by atoms with Crippen LogP contribution in [0.3, 0.4) is 0 Å². The van der Waals surface area contributed by atoms with Gasteiger partial charge in [-0.05, 0) is 35.0 Å². The summed E-state index contributed by atoms with van der Waals surface area (Å²) in [5, 5.41) is 22.2. The zero-order chi connectivity index (χ0) is 16.8. The molecule has 0 radical (unpaired) electrons. The van der Waals surface area contributed by atoms with Crippen LogP contribution in [0.1, 0.15) is 17.4 Å². The second-order valence-electron chi connectivity index (χ2n) is 4.85. The predicted molar refractivity (Wildman–Crippen MR) is 78.9 cm³/mol. The summed E-state index contributed by atoms with van der Waals surface area (Å²) in [5.74, 6) is -0.457. The van der Waals surface area contributed by atoms with Crippen LogP contribution in [0.5, 0.6) is 5.75 Å². The molecule has 0 bridgehead atoms. The monoisotopic (exact) mass is 319 g/mol. The largest absolute Gasteiger partial charge is 0.497 e. The number of carbonyl (C=O) groups excluding carboxylic acids is 1. The number of carboxylic acid groups (broad SMARTS) is 1. The van der Waals surface area contributed by atoms with Crippen molar-refractivity contribution in [3.63, 3.8) is 0 Å². The van der Waals surface area contributed by atoms with Crippen LogP contribution < -0.4 is 10.1 Å². The molecule has 9 nitrogen and oxygen atoms in total. The van der Waals surface area contributed by atoms with E-state index in [0.717, 1.165) is 5.56 Å². The van der Waals surface area contributed by atoms with E-state index in [-0.39, 0.29) is 0 Å². The van der Waals surface area contributed by atoms with E-state index in [2.05, 4.69) is 20.8 Å². The minimum Gasteiger partial charge on any atom is -0.497 e. The van der Waals surface area contributed by atoms with Gasteiger partial charge in [-0.3, -0.25) is 9.59 Å². The van der Waals surface area contributed by atoms with Crippen LogP contribution in [0.2, 0.25) is 0 Å². The number of aryl methyl sites for hydroxylation is 1. The Hall–Kier alpha value is -2.97. The Labute approximate surface area is 132 Å². The lowest BCUT2D eigenvalue weighted by Crippen LogP contribution is -2.37. The van der Waals surface area contributed by atoms with E-state index in [0.29, 0.717) is 18.0 Å². The zero-order valence-electron chi connectivity index (χ0n) is 12.8. The number of amides is 1. The van der Waals surface area contributed by atoms with Gasteiger partial charge in [-0.1, -0.05) is 12.1 Å². The van der Waals surface area contributed by atoms with Gasteiger partial charge in [0.2, 0.25) is 5.91 Å². The number of aliphatic carboxylic acids is 1. The van der Waals surface area contributed by atoms with Gasteiger partial charge in [-0.25, -0.2) is 4.68 Å². The molecule has 0 spiro atoms. The van der Waals surface area contributed by atoms with Crippen LogP contribution in [0, 0.1) is 6.92 Å². The van der Waals surface area contributed by atoms with Gasteiger partial charge in [0, 0.05) is 6.42 Å². The molecule has 1 atom stereocenters. The zero-order valence-corrected chi connectivity index (χ0v) is 12.8. The van der Waals surface area contributed by atoms with Gasteiger partial charge in [-0.2, -0.15) is 0 Å². The number of tetrazole rings is 1. The first-order valence-electron chi connectivity index (χ1n) is 6.88. The van der Waals surface area contributed by atoms with Crippen LogP contribution in [0.4, 0.5) is 0 Å². The first-order chi connectivity index (χ1) is 11.0. The lowest BCUT2D eigenvalue weighted by molar-refractivity contribution is -0.138. The van der Waals surface area contributed by atoms with Gasteiger partial charge in [0.15, 0.2) is 0 Å². The van der Waals surface area contributed by atoms with E-state index in [9.17, 15) is 9.59 Å². The molecule has 23 heavy (non-hydrogen) atoms. The minimum atomic E-state index is -1.12.